The number of likely N-dealkylation sites (N-methyl/N-ethyl adjacent to an activating group) is 1. The number of aromatic nitrogens is 6. The second-order valence-electron chi connectivity index (χ2n) is 9.31. The highest BCUT2D eigenvalue weighted by atomic mass is 16.2. The van der Waals surface area contributed by atoms with Crippen LogP contribution in [0.4, 0.5) is 17.6 Å². The molecule has 2 fully saturated rings. The second-order valence-corrected chi connectivity index (χ2v) is 9.31. The molecule has 2 aliphatic rings. The molecule has 34 heavy (non-hydrogen) atoms. The average Bonchev–Trinajstić information content (AvgIpc) is 3.41. The van der Waals surface area contributed by atoms with Crippen LogP contribution in [0.1, 0.15) is 37.8 Å². The Morgan fingerprint density at radius 1 is 1.18 bits per heavy atom. The number of carbonyl (C=O) groups excluding carboxylic acids is 1. The van der Waals surface area contributed by atoms with E-state index in [0.717, 1.165) is 42.6 Å². The van der Waals surface area contributed by atoms with Crippen molar-refractivity contribution in [2.24, 2.45) is 7.05 Å². The number of fused-ring (bicyclic) bond motifs is 2. The molecule has 0 saturated carbocycles. The zero-order chi connectivity index (χ0) is 23.7. The molecule has 2 saturated heterocycles. The van der Waals surface area contributed by atoms with Crippen molar-refractivity contribution in [2.75, 3.05) is 24.2 Å². The van der Waals surface area contributed by atoms with Crippen molar-refractivity contribution < 1.29 is 4.79 Å². The molecule has 180 valence electrons. The molecule has 0 spiro atoms. The molecule has 0 unspecified atom stereocenters. The Hall–Kier alpha value is -3.47. The van der Waals surface area contributed by atoms with Gasteiger partial charge in [0.15, 0.2) is 5.82 Å². The smallest absolute Gasteiger partial charge is 0.237 e. The molecule has 1 amide bonds. The number of piperidine rings is 2. The van der Waals surface area contributed by atoms with E-state index in [4.69, 9.17) is 9.97 Å². The van der Waals surface area contributed by atoms with Gasteiger partial charge >= 0.3 is 0 Å². The maximum atomic E-state index is 12.7. The summed E-state index contributed by atoms with van der Waals surface area (Å²) >= 11 is 0. The lowest BCUT2D eigenvalue weighted by Gasteiger charge is -2.49. The van der Waals surface area contributed by atoms with E-state index in [-0.39, 0.29) is 24.0 Å². The summed E-state index contributed by atoms with van der Waals surface area (Å²) in [5.41, 5.74) is 2.66. The molecule has 0 radical (unpaired) electrons. The highest BCUT2D eigenvalue weighted by molar-refractivity contribution is 5.79. The molecule has 5 rings (SSSR count). The monoisotopic (exact) mass is 464 g/mol. The minimum absolute atomic E-state index is 0.200. The van der Waals surface area contributed by atoms with Gasteiger partial charge in [0.2, 0.25) is 11.9 Å². The minimum atomic E-state index is 0.200. The summed E-state index contributed by atoms with van der Waals surface area (Å²) in [6, 6.07) is 4.56. The molecule has 5 heterocycles. The van der Waals surface area contributed by atoms with Crippen LogP contribution in [0.25, 0.3) is 11.3 Å². The number of anilines is 3. The van der Waals surface area contributed by atoms with Crippen LogP contribution in [0.5, 0.6) is 0 Å². The number of nitrogens with one attached hydrogen (secondary N) is 4. The van der Waals surface area contributed by atoms with Gasteiger partial charge in [-0.05, 0) is 46.1 Å². The van der Waals surface area contributed by atoms with E-state index < -0.39 is 0 Å². The zero-order valence-electron chi connectivity index (χ0n) is 19.9. The normalized spacial score (nSPS) is 22.0. The number of aromatic amines is 1. The molecule has 3 aromatic rings. The molecule has 2 aliphatic heterocycles. The summed E-state index contributed by atoms with van der Waals surface area (Å²) in [5.74, 6) is 2.12. The van der Waals surface area contributed by atoms with Crippen LogP contribution in [0.3, 0.4) is 0 Å². The summed E-state index contributed by atoms with van der Waals surface area (Å²) in [5, 5.41) is 21.4. The second kappa shape index (κ2) is 9.41. The zero-order valence-corrected chi connectivity index (χ0v) is 19.9. The van der Waals surface area contributed by atoms with Gasteiger partial charge in [-0.25, -0.2) is 4.98 Å². The first-order valence-corrected chi connectivity index (χ1v) is 11.9. The van der Waals surface area contributed by atoms with Gasteiger partial charge in [0.25, 0.3) is 0 Å². The van der Waals surface area contributed by atoms with Crippen molar-refractivity contribution in [2.45, 2.75) is 57.2 Å². The van der Waals surface area contributed by atoms with E-state index in [1.165, 1.54) is 6.42 Å². The lowest BCUT2D eigenvalue weighted by atomic mass is 9.81. The van der Waals surface area contributed by atoms with Gasteiger partial charge in [-0.1, -0.05) is 0 Å². The number of aryl methyl sites for hydroxylation is 2. The largest absolute Gasteiger partial charge is 0.351 e. The Labute approximate surface area is 198 Å². The molecular weight excluding hydrogens is 432 g/mol. The van der Waals surface area contributed by atoms with Gasteiger partial charge in [-0.3, -0.25) is 14.6 Å². The Morgan fingerprint density at radius 2 is 1.97 bits per heavy atom. The number of hydrogen-bond donors (Lipinski definition) is 4. The first kappa shape index (κ1) is 22.3. The molecule has 3 aromatic heterocycles. The SMILES string of the molecule is CNCC(=O)N1[C@@H]2CCC[C@H]1C[C@H](Nc1nc(Nc3cc(C)[nH]n3)cc(-c3cnn(C)c3)n1)C2. The van der Waals surface area contributed by atoms with Crippen LogP contribution >= 0.6 is 0 Å². The number of amides is 1. The topological polar surface area (TPSA) is 129 Å². The molecule has 2 bridgehead atoms. The van der Waals surface area contributed by atoms with Crippen molar-refractivity contribution in [3.8, 4) is 11.3 Å². The van der Waals surface area contributed by atoms with Gasteiger partial charge in [0, 0.05) is 54.8 Å². The number of carbonyl (C=O) groups is 1. The molecule has 11 heteroatoms. The number of H-pyrrole nitrogens is 1. The minimum Gasteiger partial charge on any atom is -0.351 e. The lowest BCUT2D eigenvalue weighted by Crippen LogP contribution is -2.58. The van der Waals surface area contributed by atoms with Gasteiger partial charge in [0.1, 0.15) is 5.82 Å². The highest BCUT2D eigenvalue weighted by Crippen LogP contribution is 2.35. The predicted octanol–water partition coefficient (Wildman–Crippen LogP) is 2.20. The van der Waals surface area contributed by atoms with Gasteiger partial charge in [-0.15, -0.1) is 0 Å². The molecule has 0 aromatic carbocycles. The van der Waals surface area contributed by atoms with Gasteiger partial charge in [0.05, 0.1) is 18.4 Å². The maximum absolute atomic E-state index is 12.7. The fourth-order valence-corrected chi connectivity index (χ4v) is 5.22. The summed E-state index contributed by atoms with van der Waals surface area (Å²) in [6.07, 6.45) is 8.80. The third kappa shape index (κ3) is 4.74. The van der Waals surface area contributed by atoms with Crippen molar-refractivity contribution in [1.29, 1.82) is 0 Å². The highest BCUT2D eigenvalue weighted by Gasteiger charge is 2.40. The summed E-state index contributed by atoms with van der Waals surface area (Å²) < 4.78 is 1.76. The Kier molecular flexibility index (Phi) is 6.18. The quantitative estimate of drug-likeness (QED) is 0.419. The van der Waals surface area contributed by atoms with Crippen molar-refractivity contribution >= 4 is 23.5 Å². The van der Waals surface area contributed by atoms with Gasteiger partial charge < -0.3 is 20.9 Å². The maximum Gasteiger partial charge on any atom is 0.237 e. The van der Waals surface area contributed by atoms with Gasteiger partial charge in [-0.2, -0.15) is 15.2 Å². The average molecular weight is 465 g/mol. The van der Waals surface area contributed by atoms with E-state index in [0.29, 0.717) is 24.1 Å². The van der Waals surface area contributed by atoms with Crippen LogP contribution in [0.15, 0.2) is 24.5 Å². The Morgan fingerprint density at radius 3 is 2.62 bits per heavy atom. The summed E-state index contributed by atoms with van der Waals surface area (Å²) in [6.45, 7) is 2.35. The van der Waals surface area contributed by atoms with E-state index in [1.54, 1.807) is 10.9 Å². The van der Waals surface area contributed by atoms with Crippen LogP contribution in [-0.2, 0) is 11.8 Å². The van der Waals surface area contributed by atoms with Crippen LogP contribution in [0.2, 0.25) is 0 Å². The van der Waals surface area contributed by atoms with Crippen LogP contribution < -0.4 is 16.0 Å². The standard InChI is InChI=1S/C23H32N10O/c1-14-7-21(31-30-14)28-20-10-19(15-11-25-32(3)13-15)27-23(29-20)26-16-8-17-5-4-6-18(9-16)33(17)22(34)12-24-2/h7,10-11,13,16-18,24H,4-6,8-9,12H2,1-3H3,(H3,26,27,28,29,30,31)/t16-,17-,18+. The molecule has 0 aliphatic carbocycles. The first-order valence-electron chi connectivity index (χ1n) is 11.9. The lowest BCUT2D eigenvalue weighted by molar-refractivity contribution is -0.139. The number of nitrogens with zero attached hydrogens (tertiary/aromatic N) is 6. The number of rotatable bonds is 7. The molecular formula is C23H32N10O. The fraction of sp³-hybridized carbons (Fsp3) is 0.522. The fourth-order valence-electron chi connectivity index (χ4n) is 5.22. The number of hydrogen-bond acceptors (Lipinski definition) is 8. The Balaban J connectivity index is 1.38. The van der Waals surface area contributed by atoms with Crippen LogP contribution in [-0.4, -0.2) is 72.5 Å². The third-order valence-corrected chi connectivity index (χ3v) is 6.61. The van der Waals surface area contributed by atoms with E-state index >= 15 is 0 Å². The molecule has 11 nitrogen and oxygen atoms in total. The predicted molar refractivity (Wildman–Crippen MR) is 130 cm³/mol. The van der Waals surface area contributed by atoms with Crippen LogP contribution in [0, 0.1) is 6.92 Å². The van der Waals surface area contributed by atoms with Crippen molar-refractivity contribution in [3.05, 3.63) is 30.2 Å². The molecule has 3 atom stereocenters. The Bertz CT molecular complexity index is 1140. The van der Waals surface area contributed by atoms with E-state index in [9.17, 15) is 4.79 Å². The summed E-state index contributed by atoms with van der Waals surface area (Å²) in [4.78, 5) is 24.4. The summed E-state index contributed by atoms with van der Waals surface area (Å²) in [7, 11) is 3.71. The first-order chi connectivity index (χ1) is 16.5. The molecule has 4 N–H and O–H groups in total. The van der Waals surface area contributed by atoms with Crippen molar-refractivity contribution in [1.82, 2.24) is 40.2 Å². The van der Waals surface area contributed by atoms with Crippen molar-refractivity contribution in [3.63, 3.8) is 0 Å². The third-order valence-electron chi connectivity index (χ3n) is 6.61. The van der Waals surface area contributed by atoms with E-state index in [2.05, 4.69) is 36.1 Å². The van der Waals surface area contributed by atoms with E-state index in [1.807, 2.05) is 39.3 Å².